The van der Waals surface area contributed by atoms with E-state index in [-0.39, 0.29) is 0 Å². The lowest BCUT2D eigenvalue weighted by Crippen LogP contribution is -2.06. The first-order valence-corrected chi connectivity index (χ1v) is 6.20. The van der Waals surface area contributed by atoms with Gasteiger partial charge in [0.05, 0.1) is 0 Å². The van der Waals surface area contributed by atoms with E-state index in [0.29, 0.717) is 0 Å². The third-order valence-corrected chi connectivity index (χ3v) is 2.92. The quantitative estimate of drug-likeness (QED) is 0.551. The van der Waals surface area contributed by atoms with Crippen molar-refractivity contribution in [1.29, 1.82) is 0 Å². The predicted octanol–water partition coefficient (Wildman–Crippen LogP) is 4.71. The Hall–Kier alpha value is -1.22. The molecule has 0 spiro atoms. The summed E-state index contributed by atoms with van der Waals surface area (Å²) in [5.74, 6) is 0.786. The lowest BCUT2D eigenvalue weighted by molar-refractivity contribution is 0.590. The average molecular weight is 216 g/mol. The largest absolute Gasteiger partial charge is 0.124 e. The molecule has 88 valence electrons. The van der Waals surface area contributed by atoms with Crippen molar-refractivity contribution >= 4 is 0 Å². The van der Waals surface area contributed by atoms with Gasteiger partial charge in [0.1, 0.15) is 0 Å². The second-order valence-corrected chi connectivity index (χ2v) is 4.00. The molecule has 2 rings (SSSR count). The minimum absolute atomic E-state index is 0.786. The molecule has 0 bridgehead atoms. The van der Waals surface area contributed by atoms with Gasteiger partial charge in [-0.05, 0) is 43.2 Å². The molecule has 16 heavy (non-hydrogen) atoms. The maximum atomic E-state index is 4.00. The molecule has 0 amide bonds. The fourth-order valence-corrected chi connectivity index (χ4v) is 2.15. The fourth-order valence-electron chi connectivity index (χ4n) is 2.15. The molecule has 0 heterocycles. The molecule has 1 aliphatic rings. The van der Waals surface area contributed by atoms with Crippen molar-refractivity contribution in [3.05, 3.63) is 34.9 Å². The van der Waals surface area contributed by atoms with Crippen molar-refractivity contribution < 1.29 is 0 Å². The normalized spacial score (nSPS) is 17.0. The van der Waals surface area contributed by atoms with Gasteiger partial charge in [-0.15, -0.1) is 12.8 Å². The first-order valence-electron chi connectivity index (χ1n) is 6.20. The van der Waals surface area contributed by atoms with E-state index in [1.807, 2.05) is 13.8 Å². The van der Waals surface area contributed by atoms with Gasteiger partial charge in [0.25, 0.3) is 0 Å². The van der Waals surface area contributed by atoms with E-state index in [2.05, 4.69) is 44.9 Å². The zero-order valence-electron chi connectivity index (χ0n) is 11.1. The molecular formula is C16H24. The number of rotatable bonds is 0. The highest BCUT2D eigenvalue weighted by Gasteiger charge is 2.15. The Balaban J connectivity index is 0.000000509. The number of hydrogen-bond donors (Lipinski definition) is 0. The van der Waals surface area contributed by atoms with E-state index in [1.54, 1.807) is 11.1 Å². The molecule has 1 aliphatic carbocycles. The summed E-state index contributed by atoms with van der Waals surface area (Å²) >= 11 is 0. The second kappa shape index (κ2) is 7.99. The summed E-state index contributed by atoms with van der Waals surface area (Å²) in [6.07, 6.45) is 12.0. The Labute approximate surface area is 101 Å². The minimum atomic E-state index is 0.786. The molecule has 1 aromatic rings. The van der Waals surface area contributed by atoms with Crippen molar-refractivity contribution in [2.24, 2.45) is 0 Å². The van der Waals surface area contributed by atoms with Gasteiger partial charge in [-0.3, -0.25) is 0 Å². The SMILES string of the molecule is C#C.CC.Cc1ccc2c(c1)C(C)CCC2. The Morgan fingerprint density at radius 3 is 2.44 bits per heavy atom. The summed E-state index contributed by atoms with van der Waals surface area (Å²) in [7, 11) is 0. The van der Waals surface area contributed by atoms with Gasteiger partial charge in [0, 0.05) is 0 Å². The number of fused-ring (bicyclic) bond motifs is 1. The van der Waals surface area contributed by atoms with Crippen molar-refractivity contribution in [3.8, 4) is 12.8 Å². The minimum Gasteiger partial charge on any atom is -0.124 e. The van der Waals surface area contributed by atoms with Gasteiger partial charge in [0.2, 0.25) is 0 Å². The molecule has 0 fully saturated rings. The lowest BCUT2D eigenvalue weighted by Gasteiger charge is -2.22. The molecule has 0 radical (unpaired) electrons. The molecule has 1 unspecified atom stereocenters. The van der Waals surface area contributed by atoms with Crippen LogP contribution in [0.2, 0.25) is 0 Å². The zero-order valence-corrected chi connectivity index (χ0v) is 11.1. The van der Waals surface area contributed by atoms with Crippen molar-refractivity contribution in [3.63, 3.8) is 0 Å². The maximum absolute atomic E-state index is 4.00. The first-order chi connectivity index (χ1) is 7.77. The third-order valence-electron chi connectivity index (χ3n) is 2.92. The van der Waals surface area contributed by atoms with Gasteiger partial charge < -0.3 is 0 Å². The summed E-state index contributed by atoms with van der Waals surface area (Å²) in [4.78, 5) is 0. The van der Waals surface area contributed by atoms with E-state index < -0.39 is 0 Å². The monoisotopic (exact) mass is 216 g/mol. The van der Waals surface area contributed by atoms with Gasteiger partial charge in [-0.25, -0.2) is 0 Å². The molecule has 1 aromatic carbocycles. The molecule has 0 saturated heterocycles. The Morgan fingerprint density at radius 2 is 1.81 bits per heavy atom. The highest BCUT2D eigenvalue weighted by Crippen LogP contribution is 2.31. The second-order valence-electron chi connectivity index (χ2n) is 4.00. The van der Waals surface area contributed by atoms with Crippen LogP contribution in [-0.4, -0.2) is 0 Å². The van der Waals surface area contributed by atoms with Crippen LogP contribution in [0, 0.1) is 19.8 Å². The molecule has 0 aromatic heterocycles. The Morgan fingerprint density at radius 1 is 1.19 bits per heavy atom. The molecule has 0 saturated carbocycles. The van der Waals surface area contributed by atoms with E-state index in [1.165, 1.54) is 24.8 Å². The standard InChI is InChI=1S/C12H16.C2H6.C2H2/c1-9-6-7-11-5-3-4-10(2)12(11)8-9;2*1-2/h6-8,10H,3-5H2,1-2H3;1-2H3;1-2H. The van der Waals surface area contributed by atoms with Crippen LogP contribution in [0.25, 0.3) is 0 Å². The van der Waals surface area contributed by atoms with Crippen molar-refractivity contribution in [1.82, 2.24) is 0 Å². The molecule has 0 aliphatic heterocycles. The smallest absolute Gasteiger partial charge is 0.0187 e. The van der Waals surface area contributed by atoms with Crippen molar-refractivity contribution in [2.75, 3.05) is 0 Å². The topological polar surface area (TPSA) is 0 Å². The maximum Gasteiger partial charge on any atom is -0.0187 e. The number of hydrogen-bond acceptors (Lipinski definition) is 0. The molecule has 1 atom stereocenters. The summed E-state index contributed by atoms with van der Waals surface area (Å²) in [5, 5.41) is 0. The van der Waals surface area contributed by atoms with Crippen LogP contribution < -0.4 is 0 Å². The van der Waals surface area contributed by atoms with Gasteiger partial charge in [0.15, 0.2) is 0 Å². The highest BCUT2D eigenvalue weighted by molar-refractivity contribution is 5.35. The Kier molecular flexibility index (Phi) is 7.38. The van der Waals surface area contributed by atoms with Crippen molar-refractivity contribution in [2.45, 2.75) is 52.9 Å². The predicted molar refractivity (Wildman–Crippen MR) is 73.8 cm³/mol. The molecule has 0 heteroatoms. The van der Waals surface area contributed by atoms with Gasteiger partial charge >= 0.3 is 0 Å². The zero-order chi connectivity index (χ0) is 12.6. The van der Waals surface area contributed by atoms with E-state index in [9.17, 15) is 0 Å². The van der Waals surface area contributed by atoms with E-state index >= 15 is 0 Å². The van der Waals surface area contributed by atoms with E-state index in [0.717, 1.165) is 5.92 Å². The highest BCUT2D eigenvalue weighted by atomic mass is 14.2. The first kappa shape index (κ1) is 14.8. The molecule has 0 nitrogen and oxygen atoms in total. The number of terminal acetylenes is 1. The number of benzene rings is 1. The van der Waals surface area contributed by atoms with E-state index in [4.69, 9.17) is 0 Å². The Bertz CT molecular complexity index is 320. The van der Waals surface area contributed by atoms with Crippen LogP contribution in [0.3, 0.4) is 0 Å². The lowest BCUT2D eigenvalue weighted by atomic mass is 9.83. The van der Waals surface area contributed by atoms with Crippen LogP contribution in [0.5, 0.6) is 0 Å². The summed E-state index contributed by atoms with van der Waals surface area (Å²) in [6, 6.07) is 6.90. The van der Waals surface area contributed by atoms with Crippen LogP contribution in [0.1, 0.15) is 56.2 Å². The third kappa shape index (κ3) is 3.74. The van der Waals surface area contributed by atoms with Gasteiger partial charge in [-0.1, -0.05) is 44.5 Å². The van der Waals surface area contributed by atoms with Crippen LogP contribution in [-0.2, 0) is 6.42 Å². The average Bonchev–Trinajstić information content (AvgIpc) is 2.35. The fraction of sp³-hybridized carbons (Fsp3) is 0.500. The van der Waals surface area contributed by atoms with Gasteiger partial charge in [-0.2, -0.15) is 0 Å². The van der Waals surface area contributed by atoms with Crippen LogP contribution in [0.15, 0.2) is 18.2 Å². The molecule has 0 N–H and O–H groups in total. The van der Waals surface area contributed by atoms with Crippen LogP contribution in [0.4, 0.5) is 0 Å². The molecular weight excluding hydrogens is 192 g/mol. The summed E-state index contributed by atoms with van der Waals surface area (Å²) in [5.41, 5.74) is 4.59. The summed E-state index contributed by atoms with van der Waals surface area (Å²) < 4.78 is 0. The summed E-state index contributed by atoms with van der Waals surface area (Å²) in [6.45, 7) is 8.53. The number of aryl methyl sites for hydroxylation is 2. The van der Waals surface area contributed by atoms with Crippen LogP contribution >= 0.6 is 0 Å².